The Bertz CT molecular complexity index is 605. The van der Waals surface area contributed by atoms with Crippen molar-refractivity contribution in [3.8, 4) is 0 Å². The molecular formula is C16H22F3N3O3. The number of aryl methyl sites for hydroxylation is 1. The molecule has 1 aliphatic carbocycles. The van der Waals surface area contributed by atoms with Crippen molar-refractivity contribution >= 4 is 5.91 Å². The van der Waals surface area contributed by atoms with Crippen LogP contribution >= 0.6 is 0 Å². The predicted molar refractivity (Wildman–Crippen MR) is 81.1 cm³/mol. The molecule has 0 spiro atoms. The molecule has 25 heavy (non-hydrogen) atoms. The third-order valence-electron chi connectivity index (χ3n) is 5.17. The SMILES string of the molecule is Cn1ccnc1C(O)C1CCN(C(=O)C2CC(OC(F)(F)F)C2)CC1. The molecule has 1 atom stereocenters. The standard InChI is InChI=1S/C16H22F3N3O3/c1-21-7-4-20-14(21)13(23)10-2-5-22(6-3-10)15(24)11-8-12(9-11)25-16(17,18)19/h4,7,10-13,23H,2-3,5-6,8-9H2,1H3. The number of carbonyl (C=O) groups is 1. The highest BCUT2D eigenvalue weighted by Crippen LogP contribution is 2.37. The van der Waals surface area contributed by atoms with Crippen LogP contribution in [0.3, 0.4) is 0 Å². The Balaban J connectivity index is 1.45. The van der Waals surface area contributed by atoms with Crippen LogP contribution in [0.15, 0.2) is 12.4 Å². The normalized spacial score (nSPS) is 26.4. The number of aliphatic hydroxyl groups excluding tert-OH is 1. The number of hydrogen-bond acceptors (Lipinski definition) is 4. The quantitative estimate of drug-likeness (QED) is 0.891. The molecule has 0 bridgehead atoms. The minimum absolute atomic E-state index is 0.0212. The van der Waals surface area contributed by atoms with Crippen LogP contribution < -0.4 is 0 Å². The topological polar surface area (TPSA) is 67.6 Å². The molecule has 0 aromatic carbocycles. The van der Waals surface area contributed by atoms with Crippen molar-refractivity contribution in [2.75, 3.05) is 13.1 Å². The van der Waals surface area contributed by atoms with E-state index in [2.05, 4.69) is 9.72 Å². The number of amides is 1. The average Bonchev–Trinajstić information content (AvgIpc) is 2.94. The minimum Gasteiger partial charge on any atom is -0.385 e. The summed E-state index contributed by atoms with van der Waals surface area (Å²) in [5.74, 6) is 0.138. The third kappa shape index (κ3) is 4.14. The summed E-state index contributed by atoms with van der Waals surface area (Å²) in [5.41, 5.74) is 0. The van der Waals surface area contributed by atoms with E-state index < -0.39 is 18.6 Å². The van der Waals surface area contributed by atoms with Gasteiger partial charge in [-0.15, -0.1) is 13.2 Å². The summed E-state index contributed by atoms with van der Waals surface area (Å²) in [6.07, 6.45) is -1.28. The summed E-state index contributed by atoms with van der Waals surface area (Å²) in [7, 11) is 1.82. The van der Waals surface area contributed by atoms with Crippen LogP contribution in [0.1, 0.15) is 37.6 Å². The molecule has 9 heteroatoms. The van der Waals surface area contributed by atoms with Crippen molar-refractivity contribution in [3.63, 3.8) is 0 Å². The van der Waals surface area contributed by atoms with Gasteiger partial charge in [0, 0.05) is 38.4 Å². The highest BCUT2D eigenvalue weighted by molar-refractivity contribution is 5.80. The van der Waals surface area contributed by atoms with E-state index in [-0.39, 0.29) is 30.6 Å². The fourth-order valence-electron chi connectivity index (χ4n) is 3.62. The van der Waals surface area contributed by atoms with Gasteiger partial charge in [0.15, 0.2) is 0 Å². The molecule has 2 fully saturated rings. The predicted octanol–water partition coefficient (Wildman–Crippen LogP) is 2.01. The average molecular weight is 361 g/mol. The van der Waals surface area contributed by atoms with Gasteiger partial charge in [-0.1, -0.05) is 0 Å². The van der Waals surface area contributed by atoms with Crippen LogP contribution in [0.2, 0.25) is 0 Å². The molecule has 1 aliphatic heterocycles. The lowest BCUT2D eigenvalue weighted by molar-refractivity contribution is -0.353. The Morgan fingerprint density at radius 2 is 2.00 bits per heavy atom. The molecule has 2 heterocycles. The first-order valence-corrected chi connectivity index (χ1v) is 8.43. The van der Waals surface area contributed by atoms with Gasteiger partial charge >= 0.3 is 6.36 Å². The number of halogens is 3. The molecular weight excluding hydrogens is 339 g/mol. The molecule has 140 valence electrons. The zero-order chi connectivity index (χ0) is 18.2. The molecule has 1 amide bonds. The number of likely N-dealkylation sites (tertiary alicyclic amines) is 1. The van der Waals surface area contributed by atoms with Gasteiger partial charge in [0.25, 0.3) is 0 Å². The second-order valence-corrected chi connectivity index (χ2v) is 6.86. The van der Waals surface area contributed by atoms with Gasteiger partial charge in [-0.3, -0.25) is 9.53 Å². The van der Waals surface area contributed by atoms with Gasteiger partial charge < -0.3 is 14.6 Å². The first-order valence-electron chi connectivity index (χ1n) is 8.43. The largest absolute Gasteiger partial charge is 0.522 e. The summed E-state index contributed by atoms with van der Waals surface area (Å²) < 4.78 is 42.1. The maximum absolute atomic E-state index is 12.4. The smallest absolute Gasteiger partial charge is 0.385 e. The van der Waals surface area contributed by atoms with E-state index in [9.17, 15) is 23.1 Å². The first kappa shape index (κ1) is 18.2. The van der Waals surface area contributed by atoms with E-state index in [0.717, 1.165) is 0 Å². The zero-order valence-corrected chi connectivity index (χ0v) is 13.9. The highest BCUT2D eigenvalue weighted by atomic mass is 19.4. The number of rotatable bonds is 4. The number of carbonyl (C=O) groups excluding carboxylic acids is 1. The van der Waals surface area contributed by atoms with Crippen molar-refractivity contribution in [1.29, 1.82) is 0 Å². The first-order chi connectivity index (χ1) is 11.7. The van der Waals surface area contributed by atoms with Gasteiger partial charge in [-0.05, 0) is 31.6 Å². The number of ether oxygens (including phenoxy) is 1. The number of alkyl halides is 3. The molecule has 3 rings (SSSR count). The van der Waals surface area contributed by atoms with Gasteiger partial charge in [0.2, 0.25) is 5.91 Å². The van der Waals surface area contributed by atoms with E-state index in [4.69, 9.17) is 0 Å². The lowest BCUT2D eigenvalue weighted by Crippen LogP contribution is -2.48. The van der Waals surface area contributed by atoms with Crippen LogP contribution in [-0.4, -0.2) is 51.0 Å². The molecule has 0 radical (unpaired) electrons. The van der Waals surface area contributed by atoms with Gasteiger partial charge in [-0.2, -0.15) is 0 Å². The van der Waals surface area contributed by atoms with Crippen LogP contribution in [0.4, 0.5) is 13.2 Å². The summed E-state index contributed by atoms with van der Waals surface area (Å²) >= 11 is 0. The Morgan fingerprint density at radius 1 is 1.36 bits per heavy atom. The Kier molecular flexibility index (Phi) is 5.06. The van der Waals surface area contributed by atoms with E-state index in [1.54, 1.807) is 21.9 Å². The van der Waals surface area contributed by atoms with E-state index in [0.29, 0.717) is 31.8 Å². The number of nitrogens with zero attached hydrogens (tertiary/aromatic N) is 3. The lowest BCUT2D eigenvalue weighted by atomic mass is 9.80. The fourth-order valence-corrected chi connectivity index (χ4v) is 3.62. The van der Waals surface area contributed by atoms with E-state index in [1.165, 1.54) is 0 Å². The van der Waals surface area contributed by atoms with Crippen LogP contribution in [-0.2, 0) is 16.6 Å². The van der Waals surface area contributed by atoms with Gasteiger partial charge in [0.1, 0.15) is 11.9 Å². The van der Waals surface area contributed by atoms with Crippen molar-refractivity contribution in [3.05, 3.63) is 18.2 Å². The molecule has 6 nitrogen and oxygen atoms in total. The Labute approximate surface area is 143 Å². The zero-order valence-electron chi connectivity index (χ0n) is 13.9. The molecule has 1 aromatic heterocycles. The second kappa shape index (κ2) is 6.95. The summed E-state index contributed by atoms with van der Waals surface area (Å²) in [4.78, 5) is 18.2. The summed E-state index contributed by atoms with van der Waals surface area (Å²) in [6.45, 7) is 1.01. The molecule has 1 unspecified atom stereocenters. The molecule has 2 aliphatic rings. The van der Waals surface area contributed by atoms with Crippen molar-refractivity contribution < 1.29 is 27.8 Å². The van der Waals surface area contributed by atoms with Crippen LogP contribution in [0.25, 0.3) is 0 Å². The van der Waals surface area contributed by atoms with Crippen LogP contribution in [0, 0.1) is 11.8 Å². The number of piperidine rings is 1. The molecule has 1 saturated carbocycles. The second-order valence-electron chi connectivity index (χ2n) is 6.86. The summed E-state index contributed by atoms with van der Waals surface area (Å²) in [6, 6.07) is 0. The number of aliphatic hydroxyl groups is 1. The molecule has 1 saturated heterocycles. The van der Waals surface area contributed by atoms with Gasteiger partial charge in [-0.25, -0.2) is 4.98 Å². The maximum atomic E-state index is 12.4. The summed E-state index contributed by atoms with van der Waals surface area (Å²) in [5, 5.41) is 10.4. The number of aromatic nitrogens is 2. The third-order valence-corrected chi connectivity index (χ3v) is 5.17. The van der Waals surface area contributed by atoms with Crippen molar-refractivity contribution in [1.82, 2.24) is 14.5 Å². The van der Waals surface area contributed by atoms with E-state index in [1.807, 2.05) is 7.05 Å². The monoisotopic (exact) mass is 361 g/mol. The Hall–Kier alpha value is -1.61. The highest BCUT2D eigenvalue weighted by Gasteiger charge is 2.44. The lowest BCUT2D eigenvalue weighted by Gasteiger charge is -2.40. The minimum atomic E-state index is -4.64. The number of hydrogen-bond donors (Lipinski definition) is 1. The Morgan fingerprint density at radius 3 is 2.52 bits per heavy atom. The van der Waals surface area contributed by atoms with Crippen molar-refractivity contribution in [2.24, 2.45) is 18.9 Å². The maximum Gasteiger partial charge on any atom is 0.522 e. The molecule has 1 aromatic rings. The van der Waals surface area contributed by atoms with Crippen molar-refractivity contribution in [2.45, 2.75) is 44.3 Å². The molecule has 1 N–H and O–H groups in total. The van der Waals surface area contributed by atoms with E-state index >= 15 is 0 Å². The number of imidazole rings is 1. The fraction of sp³-hybridized carbons (Fsp3) is 0.750. The van der Waals surface area contributed by atoms with Gasteiger partial charge in [0.05, 0.1) is 6.10 Å². The van der Waals surface area contributed by atoms with Crippen LogP contribution in [0.5, 0.6) is 0 Å².